The van der Waals surface area contributed by atoms with Crippen LogP contribution in [0.15, 0.2) is 28.9 Å². The number of rotatable bonds is 2. The first-order chi connectivity index (χ1) is 6.69. The second-order valence-corrected chi connectivity index (χ2v) is 2.96. The molecule has 4 heteroatoms. The number of hydrogen-bond donors (Lipinski definition) is 0. The lowest BCUT2D eigenvalue weighted by Crippen LogP contribution is -2.30. The highest BCUT2D eigenvalue weighted by Gasteiger charge is 2.14. The summed E-state index contributed by atoms with van der Waals surface area (Å²) in [5.74, 6) is -0.989. The Hall–Kier alpha value is -1.19. The van der Waals surface area contributed by atoms with E-state index in [0.29, 0.717) is 5.84 Å². The van der Waals surface area contributed by atoms with Crippen LogP contribution in [0.1, 0.15) is 20.3 Å². The van der Waals surface area contributed by atoms with Gasteiger partial charge in [0.25, 0.3) is 0 Å². The highest BCUT2D eigenvalue weighted by atomic mass is 19.2. The van der Waals surface area contributed by atoms with Crippen molar-refractivity contribution in [2.45, 2.75) is 20.3 Å². The van der Waals surface area contributed by atoms with Gasteiger partial charge in [0.1, 0.15) is 11.7 Å². The van der Waals surface area contributed by atoms with Crippen LogP contribution >= 0.6 is 0 Å². The molecule has 0 saturated carbocycles. The third-order valence-electron chi connectivity index (χ3n) is 2.15. The zero-order valence-electron chi connectivity index (χ0n) is 8.43. The van der Waals surface area contributed by atoms with E-state index in [1.807, 2.05) is 18.7 Å². The van der Waals surface area contributed by atoms with E-state index < -0.39 is 11.7 Å². The van der Waals surface area contributed by atoms with Crippen LogP contribution in [-0.4, -0.2) is 23.8 Å². The molecule has 0 aliphatic carbocycles. The van der Waals surface area contributed by atoms with Gasteiger partial charge in [-0.1, -0.05) is 0 Å². The van der Waals surface area contributed by atoms with E-state index in [0.717, 1.165) is 19.2 Å². The van der Waals surface area contributed by atoms with E-state index >= 15 is 0 Å². The summed E-state index contributed by atoms with van der Waals surface area (Å²) in [6, 6.07) is 0. The highest BCUT2D eigenvalue weighted by Crippen LogP contribution is 2.18. The van der Waals surface area contributed by atoms with Crippen LogP contribution in [0.2, 0.25) is 0 Å². The van der Waals surface area contributed by atoms with Crippen molar-refractivity contribution in [2.75, 3.05) is 13.1 Å². The van der Waals surface area contributed by atoms with Crippen LogP contribution in [-0.2, 0) is 0 Å². The van der Waals surface area contributed by atoms with Crippen molar-refractivity contribution in [1.82, 2.24) is 4.90 Å². The van der Waals surface area contributed by atoms with Gasteiger partial charge < -0.3 is 4.90 Å². The minimum Gasteiger partial charge on any atom is -0.360 e. The largest absolute Gasteiger partial charge is 0.360 e. The molecule has 0 aromatic carbocycles. The summed E-state index contributed by atoms with van der Waals surface area (Å²) in [4.78, 5) is 5.91. The van der Waals surface area contributed by atoms with Gasteiger partial charge in [-0.05, 0) is 19.9 Å². The van der Waals surface area contributed by atoms with Gasteiger partial charge in [-0.2, -0.15) is 0 Å². The molecule has 0 fully saturated rings. The Labute approximate surface area is 82.6 Å². The first kappa shape index (κ1) is 10.9. The summed E-state index contributed by atoms with van der Waals surface area (Å²) in [6.07, 6.45) is 2.29. The fourth-order valence-electron chi connectivity index (χ4n) is 1.33. The van der Waals surface area contributed by atoms with E-state index in [2.05, 4.69) is 4.99 Å². The summed E-state index contributed by atoms with van der Waals surface area (Å²) in [7, 11) is 0. The molecular weight excluding hydrogens is 186 g/mol. The molecule has 0 amide bonds. The van der Waals surface area contributed by atoms with E-state index in [4.69, 9.17) is 0 Å². The van der Waals surface area contributed by atoms with Crippen molar-refractivity contribution in [3.8, 4) is 0 Å². The molecule has 0 aromatic heterocycles. The number of hydrogen-bond acceptors (Lipinski definition) is 2. The van der Waals surface area contributed by atoms with Crippen LogP contribution < -0.4 is 0 Å². The maximum absolute atomic E-state index is 13.1. The maximum Gasteiger partial charge on any atom is 0.156 e. The van der Waals surface area contributed by atoms with Gasteiger partial charge in [-0.25, -0.2) is 13.8 Å². The van der Waals surface area contributed by atoms with Gasteiger partial charge >= 0.3 is 0 Å². The summed E-state index contributed by atoms with van der Waals surface area (Å²) in [5.41, 5.74) is 0. The molecule has 1 aliphatic rings. The lowest BCUT2D eigenvalue weighted by molar-refractivity contribution is 0.449. The van der Waals surface area contributed by atoms with E-state index in [9.17, 15) is 8.78 Å². The molecule has 0 atom stereocenters. The van der Waals surface area contributed by atoms with Gasteiger partial charge in [0.05, 0.1) is 6.42 Å². The SMILES string of the molecule is CCN(CC)C1=NC=CC(F)=C(F)C1. The molecule has 1 rings (SSSR count). The van der Waals surface area contributed by atoms with E-state index in [-0.39, 0.29) is 6.42 Å². The lowest BCUT2D eigenvalue weighted by Gasteiger charge is -2.21. The van der Waals surface area contributed by atoms with Gasteiger partial charge in [0.2, 0.25) is 0 Å². The summed E-state index contributed by atoms with van der Waals surface area (Å²) in [6.45, 7) is 5.41. The smallest absolute Gasteiger partial charge is 0.156 e. The molecular formula is C10H14F2N2. The Morgan fingerprint density at radius 1 is 1.36 bits per heavy atom. The van der Waals surface area contributed by atoms with Crippen molar-refractivity contribution in [3.63, 3.8) is 0 Å². The molecule has 0 bridgehead atoms. The topological polar surface area (TPSA) is 15.6 Å². The number of halogens is 2. The van der Waals surface area contributed by atoms with E-state index in [1.165, 1.54) is 6.20 Å². The van der Waals surface area contributed by atoms with Gasteiger partial charge in [0, 0.05) is 19.3 Å². The number of nitrogens with zero attached hydrogens (tertiary/aromatic N) is 2. The van der Waals surface area contributed by atoms with Gasteiger partial charge in [0.15, 0.2) is 5.83 Å². The summed E-state index contributed by atoms with van der Waals surface area (Å²) in [5, 5.41) is 0. The second kappa shape index (κ2) is 4.88. The summed E-state index contributed by atoms with van der Waals surface area (Å²) < 4.78 is 25.9. The maximum atomic E-state index is 13.1. The van der Waals surface area contributed by atoms with Crippen molar-refractivity contribution < 1.29 is 8.78 Å². The molecule has 0 spiro atoms. The Balaban J connectivity index is 2.83. The molecule has 0 radical (unpaired) electrons. The number of allylic oxidation sites excluding steroid dienone is 2. The molecule has 0 saturated heterocycles. The molecule has 78 valence electrons. The van der Waals surface area contributed by atoms with Crippen molar-refractivity contribution in [1.29, 1.82) is 0 Å². The van der Waals surface area contributed by atoms with Gasteiger partial charge in [-0.15, -0.1) is 0 Å². The fraction of sp³-hybridized carbons (Fsp3) is 0.500. The van der Waals surface area contributed by atoms with Crippen molar-refractivity contribution >= 4 is 5.84 Å². The predicted octanol–water partition coefficient (Wildman–Crippen LogP) is 2.79. The molecule has 0 aromatic rings. The highest BCUT2D eigenvalue weighted by molar-refractivity contribution is 5.85. The monoisotopic (exact) mass is 200 g/mol. The number of amidine groups is 1. The standard InChI is InChI=1S/C10H14F2N2/c1-3-14(4-2)10-7-9(12)8(11)5-6-13-10/h5-6H,3-4,7H2,1-2H3. The Morgan fingerprint density at radius 2 is 2.00 bits per heavy atom. The van der Waals surface area contributed by atoms with Crippen LogP contribution in [0, 0.1) is 0 Å². The molecule has 1 aliphatic heterocycles. The third-order valence-corrected chi connectivity index (χ3v) is 2.15. The average Bonchev–Trinajstić information content (AvgIpc) is 2.32. The molecule has 0 N–H and O–H groups in total. The minimum absolute atomic E-state index is 0.0550. The first-order valence-corrected chi connectivity index (χ1v) is 4.71. The van der Waals surface area contributed by atoms with Crippen LogP contribution in [0.3, 0.4) is 0 Å². The van der Waals surface area contributed by atoms with E-state index in [1.54, 1.807) is 0 Å². The number of aliphatic imine (C=N–C) groups is 1. The Kier molecular flexibility index (Phi) is 3.80. The third kappa shape index (κ3) is 2.40. The fourth-order valence-corrected chi connectivity index (χ4v) is 1.33. The summed E-state index contributed by atoms with van der Waals surface area (Å²) >= 11 is 0. The van der Waals surface area contributed by atoms with Crippen molar-refractivity contribution in [3.05, 3.63) is 23.9 Å². The first-order valence-electron chi connectivity index (χ1n) is 4.71. The average molecular weight is 200 g/mol. The van der Waals surface area contributed by atoms with Crippen molar-refractivity contribution in [2.24, 2.45) is 4.99 Å². The lowest BCUT2D eigenvalue weighted by atomic mass is 10.3. The zero-order valence-corrected chi connectivity index (χ0v) is 8.43. The molecule has 1 heterocycles. The second-order valence-electron chi connectivity index (χ2n) is 2.96. The zero-order chi connectivity index (χ0) is 10.6. The van der Waals surface area contributed by atoms with Crippen LogP contribution in [0.4, 0.5) is 8.78 Å². The van der Waals surface area contributed by atoms with Crippen LogP contribution in [0.25, 0.3) is 0 Å². The Bertz CT molecular complexity index is 288. The normalized spacial score (nSPS) is 16.7. The Morgan fingerprint density at radius 3 is 2.57 bits per heavy atom. The minimum atomic E-state index is -0.823. The predicted molar refractivity (Wildman–Crippen MR) is 53.4 cm³/mol. The van der Waals surface area contributed by atoms with Crippen LogP contribution in [0.5, 0.6) is 0 Å². The molecule has 14 heavy (non-hydrogen) atoms. The van der Waals surface area contributed by atoms with Gasteiger partial charge in [-0.3, -0.25) is 0 Å². The molecule has 2 nitrogen and oxygen atoms in total. The molecule has 0 unspecified atom stereocenters. The quantitative estimate of drug-likeness (QED) is 0.669.